The summed E-state index contributed by atoms with van der Waals surface area (Å²) in [5.74, 6) is -0.994. The van der Waals surface area contributed by atoms with Crippen LogP contribution in [0.15, 0.2) is 0 Å². The lowest BCUT2D eigenvalue weighted by atomic mass is 9.89. The standard InChI is InChI=1S/C15H28N2O5S.ClH/c1-21-11-15(8-5-9-16-15)10-17-23(19,20)13-7-4-3-6-12(13)14(18)22-2;/h12-13,16-17H,3-11H2,1-2H3;1H. The minimum absolute atomic E-state index is 0. The fraction of sp³-hybridized carbons (Fsp3) is 0.933. The average Bonchev–Trinajstić information content (AvgIpc) is 3.02. The molecule has 2 rings (SSSR count). The smallest absolute Gasteiger partial charge is 0.310 e. The van der Waals surface area contributed by atoms with Gasteiger partial charge in [0, 0.05) is 13.7 Å². The minimum Gasteiger partial charge on any atom is -0.469 e. The van der Waals surface area contributed by atoms with E-state index >= 15 is 0 Å². The number of carbonyl (C=O) groups is 1. The van der Waals surface area contributed by atoms with Crippen LogP contribution in [0.3, 0.4) is 0 Å². The summed E-state index contributed by atoms with van der Waals surface area (Å²) in [5, 5.41) is 2.64. The van der Waals surface area contributed by atoms with Gasteiger partial charge in [-0.05, 0) is 32.2 Å². The quantitative estimate of drug-likeness (QED) is 0.631. The molecule has 2 aliphatic rings. The van der Waals surface area contributed by atoms with Crippen LogP contribution in [0.1, 0.15) is 38.5 Å². The topological polar surface area (TPSA) is 93.7 Å². The van der Waals surface area contributed by atoms with Gasteiger partial charge in [-0.2, -0.15) is 0 Å². The van der Waals surface area contributed by atoms with E-state index in [0.717, 1.165) is 32.2 Å². The molecule has 3 unspecified atom stereocenters. The number of rotatable bonds is 7. The molecule has 0 bridgehead atoms. The number of nitrogens with one attached hydrogen (secondary N) is 2. The molecule has 0 aromatic heterocycles. The van der Waals surface area contributed by atoms with Gasteiger partial charge in [-0.25, -0.2) is 13.1 Å². The molecular formula is C15H29ClN2O5S. The number of esters is 1. The highest BCUT2D eigenvalue weighted by Gasteiger charge is 2.42. The Morgan fingerprint density at radius 3 is 2.54 bits per heavy atom. The summed E-state index contributed by atoms with van der Waals surface area (Å²) in [6.07, 6.45) is 4.62. The van der Waals surface area contributed by atoms with Gasteiger partial charge < -0.3 is 14.8 Å². The third-order valence-electron chi connectivity index (χ3n) is 4.97. The Morgan fingerprint density at radius 1 is 1.25 bits per heavy atom. The third-order valence-corrected chi connectivity index (χ3v) is 6.88. The van der Waals surface area contributed by atoms with Gasteiger partial charge in [0.2, 0.25) is 10.0 Å². The number of methoxy groups -OCH3 is 2. The first-order valence-electron chi connectivity index (χ1n) is 8.24. The van der Waals surface area contributed by atoms with Gasteiger partial charge in [0.25, 0.3) is 0 Å². The van der Waals surface area contributed by atoms with Crippen LogP contribution < -0.4 is 10.0 Å². The van der Waals surface area contributed by atoms with Crippen molar-refractivity contribution in [3.05, 3.63) is 0 Å². The second-order valence-electron chi connectivity index (χ2n) is 6.56. The van der Waals surface area contributed by atoms with E-state index in [9.17, 15) is 13.2 Å². The Labute approximate surface area is 150 Å². The molecule has 0 spiro atoms. The van der Waals surface area contributed by atoms with Crippen molar-refractivity contribution in [1.82, 2.24) is 10.0 Å². The van der Waals surface area contributed by atoms with E-state index < -0.39 is 27.2 Å². The molecule has 3 atom stereocenters. The highest BCUT2D eigenvalue weighted by molar-refractivity contribution is 7.90. The van der Waals surface area contributed by atoms with Gasteiger partial charge in [-0.15, -0.1) is 12.4 Å². The van der Waals surface area contributed by atoms with Crippen molar-refractivity contribution >= 4 is 28.4 Å². The van der Waals surface area contributed by atoms with E-state index in [1.807, 2.05) is 0 Å². The Kier molecular flexibility index (Phi) is 8.41. The van der Waals surface area contributed by atoms with Crippen LogP contribution in [0.4, 0.5) is 0 Å². The predicted molar refractivity (Wildman–Crippen MR) is 93.8 cm³/mol. The summed E-state index contributed by atoms with van der Waals surface area (Å²) < 4.78 is 38.2. The van der Waals surface area contributed by atoms with E-state index in [2.05, 4.69) is 10.0 Å². The largest absolute Gasteiger partial charge is 0.469 e. The highest BCUT2D eigenvalue weighted by atomic mass is 35.5. The van der Waals surface area contributed by atoms with Gasteiger partial charge in [-0.1, -0.05) is 12.8 Å². The van der Waals surface area contributed by atoms with Crippen molar-refractivity contribution in [3.8, 4) is 0 Å². The molecule has 24 heavy (non-hydrogen) atoms. The molecule has 0 aromatic rings. The number of halogens is 1. The predicted octanol–water partition coefficient (Wildman–Crippen LogP) is 0.828. The monoisotopic (exact) mass is 384 g/mol. The van der Waals surface area contributed by atoms with Crippen molar-refractivity contribution in [2.24, 2.45) is 5.92 Å². The highest BCUT2D eigenvalue weighted by Crippen LogP contribution is 2.30. The number of hydrogen-bond donors (Lipinski definition) is 2. The van der Waals surface area contributed by atoms with E-state index in [1.54, 1.807) is 7.11 Å². The van der Waals surface area contributed by atoms with Gasteiger partial charge in [-0.3, -0.25) is 4.79 Å². The normalized spacial score (nSPS) is 30.6. The second kappa shape index (κ2) is 9.33. The SMILES string of the molecule is COCC1(CNS(=O)(=O)C2CCCCC2C(=O)OC)CCCN1.Cl. The first kappa shape index (κ1) is 21.6. The van der Waals surface area contributed by atoms with Gasteiger partial charge in [0.15, 0.2) is 0 Å². The van der Waals surface area contributed by atoms with Crippen molar-refractivity contribution in [3.63, 3.8) is 0 Å². The first-order chi connectivity index (χ1) is 10.9. The molecule has 142 valence electrons. The molecular weight excluding hydrogens is 356 g/mol. The summed E-state index contributed by atoms with van der Waals surface area (Å²) >= 11 is 0. The molecule has 0 amide bonds. The number of ether oxygens (including phenoxy) is 2. The van der Waals surface area contributed by atoms with Gasteiger partial charge >= 0.3 is 5.97 Å². The van der Waals surface area contributed by atoms with Crippen molar-refractivity contribution < 1.29 is 22.7 Å². The molecule has 1 aliphatic heterocycles. The summed E-state index contributed by atoms with van der Waals surface area (Å²) in [6, 6.07) is 0. The van der Waals surface area contributed by atoms with Crippen LogP contribution in [-0.2, 0) is 24.3 Å². The van der Waals surface area contributed by atoms with Crippen molar-refractivity contribution in [2.45, 2.75) is 49.3 Å². The number of carbonyl (C=O) groups excluding carboxylic acids is 1. The lowest BCUT2D eigenvalue weighted by molar-refractivity contribution is -0.146. The lowest BCUT2D eigenvalue weighted by Crippen LogP contribution is -2.55. The van der Waals surface area contributed by atoms with Crippen molar-refractivity contribution in [1.29, 1.82) is 0 Å². The molecule has 7 nitrogen and oxygen atoms in total. The summed E-state index contributed by atoms with van der Waals surface area (Å²) in [6.45, 7) is 1.60. The zero-order valence-corrected chi connectivity index (χ0v) is 16.0. The molecule has 1 heterocycles. The minimum atomic E-state index is -3.58. The average molecular weight is 385 g/mol. The van der Waals surface area contributed by atoms with E-state index in [-0.39, 0.29) is 24.5 Å². The molecule has 1 saturated carbocycles. The van der Waals surface area contributed by atoms with Crippen LogP contribution in [0, 0.1) is 5.92 Å². The Bertz CT molecular complexity index is 508. The number of sulfonamides is 1. The Hall–Kier alpha value is -0.410. The molecule has 9 heteroatoms. The lowest BCUT2D eigenvalue weighted by Gasteiger charge is -2.32. The fourth-order valence-corrected chi connectivity index (χ4v) is 5.55. The van der Waals surface area contributed by atoms with Crippen molar-refractivity contribution in [2.75, 3.05) is 33.9 Å². The molecule has 0 radical (unpaired) electrons. The van der Waals surface area contributed by atoms with Crippen LogP contribution >= 0.6 is 12.4 Å². The maximum absolute atomic E-state index is 12.7. The fourth-order valence-electron chi connectivity index (χ4n) is 3.71. The maximum atomic E-state index is 12.7. The summed E-state index contributed by atoms with van der Waals surface area (Å²) in [7, 11) is -0.653. The van der Waals surface area contributed by atoms with Gasteiger partial charge in [0.05, 0.1) is 30.4 Å². The Morgan fingerprint density at radius 2 is 1.96 bits per heavy atom. The van der Waals surface area contributed by atoms with Crippen LogP contribution in [0.2, 0.25) is 0 Å². The second-order valence-corrected chi connectivity index (χ2v) is 8.55. The van der Waals surface area contributed by atoms with Gasteiger partial charge in [0.1, 0.15) is 0 Å². The summed E-state index contributed by atoms with van der Waals surface area (Å²) in [4.78, 5) is 11.9. The van der Waals surface area contributed by atoms with E-state index in [1.165, 1.54) is 7.11 Å². The maximum Gasteiger partial charge on any atom is 0.310 e. The third kappa shape index (κ3) is 5.05. The molecule has 0 aromatic carbocycles. The Balaban J connectivity index is 0.00000288. The summed E-state index contributed by atoms with van der Waals surface area (Å²) in [5.41, 5.74) is -0.350. The molecule has 2 fully saturated rings. The van der Waals surface area contributed by atoms with E-state index in [4.69, 9.17) is 9.47 Å². The molecule has 2 N–H and O–H groups in total. The molecule has 1 aliphatic carbocycles. The van der Waals surface area contributed by atoms with Crippen LogP contribution in [0.5, 0.6) is 0 Å². The van der Waals surface area contributed by atoms with E-state index in [0.29, 0.717) is 19.4 Å². The zero-order valence-electron chi connectivity index (χ0n) is 14.4. The number of hydrogen-bond acceptors (Lipinski definition) is 6. The van der Waals surface area contributed by atoms with Crippen LogP contribution in [0.25, 0.3) is 0 Å². The molecule has 1 saturated heterocycles. The zero-order chi connectivity index (χ0) is 16.9. The first-order valence-corrected chi connectivity index (χ1v) is 9.79. The van der Waals surface area contributed by atoms with Crippen LogP contribution in [-0.4, -0.2) is 59.1 Å².